The molecule has 0 spiro atoms. The third kappa shape index (κ3) is 2.38. The topological polar surface area (TPSA) is 18.5 Å². The minimum atomic E-state index is -0.607. The van der Waals surface area contributed by atoms with Gasteiger partial charge in [-0.1, -0.05) is 44.2 Å². The molecule has 0 atom stereocenters. The van der Waals surface area contributed by atoms with Crippen LogP contribution in [0.25, 0.3) is 5.57 Å². The molecule has 4 rings (SSSR count). The van der Waals surface area contributed by atoms with Gasteiger partial charge in [0.05, 0.1) is 13.2 Å². The summed E-state index contributed by atoms with van der Waals surface area (Å²) >= 11 is 1.79. The summed E-state index contributed by atoms with van der Waals surface area (Å²) in [6, 6.07) is 13.1. The lowest BCUT2D eigenvalue weighted by Crippen LogP contribution is -2.36. The van der Waals surface area contributed by atoms with Crippen LogP contribution in [-0.2, 0) is 14.9 Å². The SMILES string of the molecule is CC1(C2=C(c3cccs3)c3ccccc3C(C)(C)C2)OCCO1. The Morgan fingerprint density at radius 1 is 0.957 bits per heavy atom. The van der Waals surface area contributed by atoms with Crippen LogP contribution in [0.1, 0.15) is 43.2 Å². The first-order chi connectivity index (χ1) is 11.0. The highest BCUT2D eigenvalue weighted by atomic mass is 32.1. The Kier molecular flexibility index (Phi) is 3.49. The minimum absolute atomic E-state index is 0.0744. The van der Waals surface area contributed by atoms with Crippen LogP contribution in [0.15, 0.2) is 47.4 Å². The molecule has 2 aromatic rings. The summed E-state index contributed by atoms with van der Waals surface area (Å²) in [6.45, 7) is 8.04. The highest BCUT2D eigenvalue weighted by molar-refractivity contribution is 7.11. The van der Waals surface area contributed by atoms with Crippen molar-refractivity contribution in [3.63, 3.8) is 0 Å². The molecule has 1 fully saturated rings. The van der Waals surface area contributed by atoms with E-state index in [1.165, 1.54) is 27.2 Å². The molecule has 2 heterocycles. The van der Waals surface area contributed by atoms with Crippen LogP contribution in [0.4, 0.5) is 0 Å². The summed E-state index contributed by atoms with van der Waals surface area (Å²) in [4.78, 5) is 1.29. The monoisotopic (exact) mass is 326 g/mol. The Balaban J connectivity index is 2.01. The maximum atomic E-state index is 6.04. The molecule has 23 heavy (non-hydrogen) atoms. The molecule has 2 aliphatic rings. The van der Waals surface area contributed by atoms with E-state index in [-0.39, 0.29) is 5.41 Å². The van der Waals surface area contributed by atoms with Gasteiger partial charge in [-0.2, -0.15) is 0 Å². The van der Waals surface area contributed by atoms with Crippen LogP contribution in [0.5, 0.6) is 0 Å². The quantitative estimate of drug-likeness (QED) is 0.773. The van der Waals surface area contributed by atoms with Gasteiger partial charge >= 0.3 is 0 Å². The van der Waals surface area contributed by atoms with Crippen molar-refractivity contribution in [2.75, 3.05) is 13.2 Å². The second-order valence-corrected chi connectivity index (χ2v) is 8.03. The smallest absolute Gasteiger partial charge is 0.189 e. The van der Waals surface area contributed by atoms with Crippen molar-refractivity contribution in [1.82, 2.24) is 0 Å². The normalized spacial score (nSPS) is 22.2. The first-order valence-corrected chi connectivity index (χ1v) is 9.04. The van der Waals surface area contributed by atoms with E-state index in [9.17, 15) is 0 Å². The van der Waals surface area contributed by atoms with Crippen molar-refractivity contribution < 1.29 is 9.47 Å². The van der Waals surface area contributed by atoms with E-state index in [1.807, 2.05) is 0 Å². The largest absolute Gasteiger partial charge is 0.344 e. The average Bonchev–Trinajstić information content (AvgIpc) is 3.19. The first kappa shape index (κ1) is 15.1. The molecule has 2 nitrogen and oxygen atoms in total. The van der Waals surface area contributed by atoms with Gasteiger partial charge < -0.3 is 9.47 Å². The zero-order chi connectivity index (χ0) is 16.1. The van der Waals surface area contributed by atoms with Crippen LogP contribution in [0.2, 0.25) is 0 Å². The summed E-state index contributed by atoms with van der Waals surface area (Å²) in [6.07, 6.45) is 0.952. The van der Waals surface area contributed by atoms with Crippen LogP contribution >= 0.6 is 11.3 Å². The number of benzene rings is 1. The molecule has 120 valence electrons. The van der Waals surface area contributed by atoms with Gasteiger partial charge in [-0.3, -0.25) is 0 Å². The van der Waals surface area contributed by atoms with Crippen molar-refractivity contribution >= 4 is 16.9 Å². The summed E-state index contributed by atoms with van der Waals surface area (Å²) < 4.78 is 12.1. The third-order valence-electron chi connectivity index (χ3n) is 5.00. The second kappa shape index (κ2) is 5.30. The number of thiophene rings is 1. The summed E-state index contributed by atoms with van der Waals surface area (Å²) in [5, 5.41) is 2.14. The third-order valence-corrected chi connectivity index (χ3v) is 5.89. The molecule has 1 aromatic carbocycles. The van der Waals surface area contributed by atoms with E-state index >= 15 is 0 Å². The highest BCUT2D eigenvalue weighted by Gasteiger charge is 2.44. The first-order valence-electron chi connectivity index (χ1n) is 8.17. The highest BCUT2D eigenvalue weighted by Crippen LogP contribution is 2.50. The van der Waals surface area contributed by atoms with Crippen molar-refractivity contribution in [2.45, 2.75) is 38.4 Å². The van der Waals surface area contributed by atoms with E-state index in [4.69, 9.17) is 9.47 Å². The van der Waals surface area contributed by atoms with Gasteiger partial charge in [0, 0.05) is 10.5 Å². The van der Waals surface area contributed by atoms with Crippen LogP contribution in [0.3, 0.4) is 0 Å². The summed E-state index contributed by atoms with van der Waals surface area (Å²) in [5.41, 5.74) is 5.39. The van der Waals surface area contributed by atoms with E-state index in [2.05, 4.69) is 62.5 Å². The van der Waals surface area contributed by atoms with Gasteiger partial charge in [0.25, 0.3) is 0 Å². The molecule has 1 aromatic heterocycles. The van der Waals surface area contributed by atoms with E-state index in [0.29, 0.717) is 13.2 Å². The predicted molar refractivity (Wildman–Crippen MR) is 94.7 cm³/mol. The molecule has 0 radical (unpaired) electrons. The lowest BCUT2D eigenvalue weighted by Gasteiger charge is -2.40. The van der Waals surface area contributed by atoms with Crippen LogP contribution < -0.4 is 0 Å². The van der Waals surface area contributed by atoms with Crippen molar-refractivity contribution in [3.05, 3.63) is 63.4 Å². The molecule has 0 unspecified atom stereocenters. The Labute approximate surface area is 141 Å². The second-order valence-electron chi connectivity index (χ2n) is 7.08. The summed E-state index contributed by atoms with van der Waals surface area (Å²) in [5.74, 6) is -0.607. The van der Waals surface area contributed by atoms with Gasteiger partial charge in [-0.25, -0.2) is 0 Å². The maximum Gasteiger partial charge on any atom is 0.189 e. The van der Waals surface area contributed by atoms with Gasteiger partial charge in [0.2, 0.25) is 0 Å². The molecule has 0 amide bonds. The molecule has 0 saturated carbocycles. The van der Waals surface area contributed by atoms with Gasteiger partial charge in [0.15, 0.2) is 5.79 Å². The van der Waals surface area contributed by atoms with Crippen molar-refractivity contribution in [3.8, 4) is 0 Å². The number of ether oxygens (including phenoxy) is 2. The fraction of sp³-hybridized carbons (Fsp3) is 0.400. The molecule has 1 saturated heterocycles. The Morgan fingerprint density at radius 3 is 2.39 bits per heavy atom. The van der Waals surface area contributed by atoms with E-state index in [1.54, 1.807) is 11.3 Å². The lowest BCUT2D eigenvalue weighted by atomic mass is 9.68. The Hall–Kier alpha value is -1.42. The van der Waals surface area contributed by atoms with Crippen LogP contribution in [0, 0.1) is 0 Å². The lowest BCUT2D eigenvalue weighted by molar-refractivity contribution is -0.112. The molecule has 3 heteroatoms. The molecule has 1 aliphatic heterocycles. The predicted octanol–water partition coefficient (Wildman–Crippen LogP) is 4.99. The molecule has 0 N–H and O–H groups in total. The van der Waals surface area contributed by atoms with Crippen molar-refractivity contribution in [2.24, 2.45) is 0 Å². The fourth-order valence-electron chi connectivity index (χ4n) is 3.86. The Morgan fingerprint density at radius 2 is 1.70 bits per heavy atom. The van der Waals surface area contributed by atoms with Crippen LogP contribution in [-0.4, -0.2) is 19.0 Å². The average molecular weight is 326 g/mol. The number of hydrogen-bond donors (Lipinski definition) is 0. The maximum absolute atomic E-state index is 6.04. The van der Waals surface area contributed by atoms with Gasteiger partial charge in [-0.15, -0.1) is 11.3 Å². The Bertz CT molecular complexity index is 750. The summed E-state index contributed by atoms with van der Waals surface area (Å²) in [7, 11) is 0. The molecular formula is C20H22O2S. The standard InChI is InChI=1S/C20H22O2S/c1-19(2)13-16(20(3)21-10-11-22-20)18(17-9-6-12-23-17)14-7-4-5-8-15(14)19/h4-9,12H,10-11,13H2,1-3H3. The molecule has 0 bridgehead atoms. The molecule has 1 aliphatic carbocycles. The zero-order valence-corrected chi connectivity index (χ0v) is 14.7. The zero-order valence-electron chi connectivity index (χ0n) is 13.9. The number of rotatable bonds is 2. The van der Waals surface area contributed by atoms with E-state index in [0.717, 1.165) is 6.42 Å². The minimum Gasteiger partial charge on any atom is -0.344 e. The number of hydrogen-bond acceptors (Lipinski definition) is 3. The number of fused-ring (bicyclic) bond motifs is 1. The van der Waals surface area contributed by atoms with Crippen molar-refractivity contribution in [1.29, 1.82) is 0 Å². The fourth-order valence-corrected chi connectivity index (χ4v) is 4.67. The van der Waals surface area contributed by atoms with Gasteiger partial charge in [0.1, 0.15) is 0 Å². The van der Waals surface area contributed by atoms with E-state index < -0.39 is 5.79 Å². The molecular weight excluding hydrogens is 304 g/mol. The van der Waals surface area contributed by atoms with Gasteiger partial charge in [-0.05, 0) is 46.9 Å².